The molecule has 13 heavy (non-hydrogen) atoms. The molecule has 0 bridgehead atoms. The van der Waals surface area contributed by atoms with Gasteiger partial charge in [-0.2, -0.15) is 5.10 Å². The van der Waals surface area contributed by atoms with Crippen LogP contribution in [-0.4, -0.2) is 16.9 Å². The number of hydrazone groups is 1. The Morgan fingerprint density at radius 1 is 1.54 bits per heavy atom. The molecule has 1 saturated carbocycles. The average molecular weight is 183 g/mol. The second-order valence-electron chi connectivity index (χ2n) is 4.11. The first kappa shape index (κ1) is 10.5. The smallest absolute Gasteiger partial charge is 0.0641 e. The van der Waals surface area contributed by atoms with Gasteiger partial charge in [0.25, 0.3) is 0 Å². The van der Waals surface area contributed by atoms with Gasteiger partial charge in [-0.1, -0.05) is 27.2 Å². The van der Waals surface area contributed by atoms with Gasteiger partial charge in [0.1, 0.15) is 0 Å². The topological polar surface area (TPSA) is 41.6 Å². The molecule has 76 valence electrons. The van der Waals surface area contributed by atoms with Crippen LogP contribution in [-0.2, 0) is 0 Å². The van der Waals surface area contributed by atoms with Crippen molar-refractivity contribution in [3.63, 3.8) is 0 Å². The first-order chi connectivity index (χ1) is 6.15. The molecule has 0 unspecified atom stereocenters. The van der Waals surface area contributed by atoms with E-state index in [9.17, 15) is 0 Å². The van der Waals surface area contributed by atoms with Crippen LogP contribution >= 0.6 is 0 Å². The monoisotopic (exact) mass is 183 g/mol. The minimum Gasteiger partial charge on any atom is -0.231 e. The number of rotatable bonds is 5. The van der Waals surface area contributed by atoms with Gasteiger partial charge in [-0.05, 0) is 25.2 Å². The maximum Gasteiger partial charge on any atom is 0.0641 e. The molecule has 0 amide bonds. The lowest BCUT2D eigenvalue weighted by Gasteiger charge is -2.16. The summed E-state index contributed by atoms with van der Waals surface area (Å²) in [5.74, 6) is 6.31. The van der Waals surface area contributed by atoms with Gasteiger partial charge >= 0.3 is 0 Å². The van der Waals surface area contributed by atoms with E-state index in [4.69, 9.17) is 5.84 Å². The van der Waals surface area contributed by atoms with Gasteiger partial charge in [-0.15, -0.1) is 0 Å². The van der Waals surface area contributed by atoms with E-state index in [1.54, 1.807) is 5.12 Å². The first-order valence-electron chi connectivity index (χ1n) is 5.26. The summed E-state index contributed by atoms with van der Waals surface area (Å²) in [6.07, 6.45) is 4.63. The van der Waals surface area contributed by atoms with Crippen molar-refractivity contribution in [3.05, 3.63) is 0 Å². The lowest BCUT2D eigenvalue weighted by atomic mass is 10.0. The lowest BCUT2D eigenvalue weighted by Crippen LogP contribution is -2.30. The van der Waals surface area contributed by atoms with Crippen molar-refractivity contribution in [2.45, 2.75) is 52.5 Å². The highest BCUT2D eigenvalue weighted by atomic mass is 15.6. The first-order valence-corrected chi connectivity index (χ1v) is 5.26. The summed E-state index contributed by atoms with van der Waals surface area (Å²) in [5, 5.41) is 6.11. The molecule has 3 heteroatoms. The van der Waals surface area contributed by atoms with E-state index >= 15 is 0 Å². The van der Waals surface area contributed by atoms with Gasteiger partial charge in [0.15, 0.2) is 0 Å². The zero-order valence-electron chi connectivity index (χ0n) is 8.95. The number of hydrogen-bond donors (Lipinski definition) is 1. The molecule has 0 aromatic carbocycles. The Balaban J connectivity index is 2.49. The number of nitrogens with zero attached hydrogens (tertiary/aromatic N) is 2. The summed E-state index contributed by atoms with van der Waals surface area (Å²) in [7, 11) is 0. The highest BCUT2D eigenvalue weighted by molar-refractivity contribution is 5.85. The zero-order valence-corrected chi connectivity index (χ0v) is 8.95. The van der Waals surface area contributed by atoms with Crippen LogP contribution in [0.2, 0.25) is 0 Å². The molecule has 0 aromatic heterocycles. The third kappa shape index (κ3) is 3.35. The van der Waals surface area contributed by atoms with Crippen molar-refractivity contribution in [1.29, 1.82) is 0 Å². The molecule has 0 saturated heterocycles. The van der Waals surface area contributed by atoms with E-state index in [2.05, 4.69) is 25.9 Å². The fraction of sp³-hybridized carbons (Fsp3) is 0.900. The van der Waals surface area contributed by atoms with Crippen molar-refractivity contribution in [2.75, 3.05) is 0 Å². The summed E-state index contributed by atoms with van der Waals surface area (Å²) >= 11 is 0. The summed E-state index contributed by atoms with van der Waals surface area (Å²) in [4.78, 5) is 0. The van der Waals surface area contributed by atoms with Gasteiger partial charge in [0.2, 0.25) is 0 Å². The predicted octanol–water partition coefficient (Wildman–Crippen LogP) is 2.14. The highest BCUT2D eigenvalue weighted by Gasteiger charge is 2.26. The molecule has 0 aliphatic heterocycles. The Morgan fingerprint density at radius 2 is 2.15 bits per heavy atom. The quantitative estimate of drug-likeness (QED) is 0.403. The van der Waals surface area contributed by atoms with Crippen LogP contribution in [0.1, 0.15) is 46.5 Å². The number of hydrazine groups is 1. The van der Waals surface area contributed by atoms with Crippen LogP contribution in [0.5, 0.6) is 0 Å². The van der Waals surface area contributed by atoms with Crippen molar-refractivity contribution in [2.24, 2.45) is 16.9 Å². The Labute approximate surface area is 81.0 Å². The standard InChI is InChI=1S/C10H21N3/c1-4-5-10(8(2)3)12-13(11)9-6-7-9/h8-9H,4-7,11H2,1-3H3/b12-10+. The Hall–Kier alpha value is -0.570. The van der Waals surface area contributed by atoms with Crippen molar-refractivity contribution >= 4 is 5.71 Å². The van der Waals surface area contributed by atoms with Gasteiger partial charge in [0, 0.05) is 5.71 Å². The van der Waals surface area contributed by atoms with E-state index < -0.39 is 0 Å². The largest absolute Gasteiger partial charge is 0.231 e. The minimum atomic E-state index is 0.518. The summed E-state index contributed by atoms with van der Waals surface area (Å²) in [6, 6.07) is 0.519. The molecule has 3 nitrogen and oxygen atoms in total. The Kier molecular flexibility index (Phi) is 3.72. The molecule has 0 atom stereocenters. The molecule has 0 radical (unpaired) electrons. The molecule has 1 fully saturated rings. The van der Waals surface area contributed by atoms with E-state index in [-0.39, 0.29) is 0 Å². The molecular weight excluding hydrogens is 162 g/mol. The maximum atomic E-state index is 5.79. The van der Waals surface area contributed by atoms with E-state index in [1.165, 1.54) is 18.6 Å². The molecule has 1 aliphatic rings. The Bertz CT molecular complexity index is 183. The summed E-state index contributed by atoms with van der Waals surface area (Å²) in [6.45, 7) is 6.53. The lowest BCUT2D eigenvalue weighted by molar-refractivity contribution is 0.285. The van der Waals surface area contributed by atoms with E-state index in [0.29, 0.717) is 12.0 Å². The second kappa shape index (κ2) is 4.61. The normalized spacial score (nSPS) is 18.1. The maximum absolute atomic E-state index is 5.79. The van der Waals surface area contributed by atoms with Crippen LogP contribution in [0, 0.1) is 5.92 Å². The SMILES string of the molecule is CCC/C(=N\N(N)C1CC1)C(C)C. The number of hydrogen-bond acceptors (Lipinski definition) is 3. The highest BCUT2D eigenvalue weighted by Crippen LogP contribution is 2.24. The van der Waals surface area contributed by atoms with E-state index in [0.717, 1.165) is 12.8 Å². The van der Waals surface area contributed by atoms with Gasteiger partial charge in [-0.3, -0.25) is 0 Å². The fourth-order valence-electron chi connectivity index (χ4n) is 1.28. The molecular formula is C10H21N3. The zero-order chi connectivity index (χ0) is 9.84. The third-order valence-corrected chi connectivity index (χ3v) is 2.34. The summed E-state index contributed by atoms with van der Waals surface area (Å²) in [5.41, 5.74) is 1.23. The van der Waals surface area contributed by atoms with Gasteiger partial charge in [0.05, 0.1) is 6.04 Å². The van der Waals surface area contributed by atoms with E-state index in [1.807, 2.05) is 0 Å². The fourth-order valence-corrected chi connectivity index (χ4v) is 1.28. The average Bonchev–Trinajstić information content (AvgIpc) is 2.85. The van der Waals surface area contributed by atoms with Crippen molar-refractivity contribution in [1.82, 2.24) is 5.12 Å². The van der Waals surface area contributed by atoms with Crippen LogP contribution in [0.3, 0.4) is 0 Å². The molecule has 2 N–H and O–H groups in total. The molecule has 1 aliphatic carbocycles. The van der Waals surface area contributed by atoms with Gasteiger partial charge < -0.3 is 0 Å². The second-order valence-corrected chi connectivity index (χ2v) is 4.11. The predicted molar refractivity (Wildman–Crippen MR) is 56.2 cm³/mol. The third-order valence-electron chi connectivity index (χ3n) is 2.34. The van der Waals surface area contributed by atoms with Crippen molar-refractivity contribution in [3.8, 4) is 0 Å². The Morgan fingerprint density at radius 3 is 2.54 bits per heavy atom. The van der Waals surface area contributed by atoms with Gasteiger partial charge in [-0.25, -0.2) is 11.0 Å². The summed E-state index contributed by atoms with van der Waals surface area (Å²) < 4.78 is 0. The molecule has 0 heterocycles. The van der Waals surface area contributed by atoms with Crippen LogP contribution in [0.4, 0.5) is 0 Å². The van der Waals surface area contributed by atoms with Crippen LogP contribution < -0.4 is 5.84 Å². The molecule has 0 aromatic rings. The van der Waals surface area contributed by atoms with Crippen LogP contribution in [0.25, 0.3) is 0 Å². The molecule has 0 spiro atoms. The molecule has 1 rings (SSSR count). The van der Waals surface area contributed by atoms with Crippen molar-refractivity contribution < 1.29 is 0 Å². The minimum absolute atomic E-state index is 0.518. The number of nitrogens with two attached hydrogens (primary N) is 1. The van der Waals surface area contributed by atoms with Crippen LogP contribution in [0.15, 0.2) is 5.10 Å².